The first-order valence-corrected chi connectivity index (χ1v) is 5.40. The van der Waals surface area contributed by atoms with Crippen LogP contribution in [-0.2, 0) is 0 Å². The molecule has 0 saturated carbocycles. The van der Waals surface area contributed by atoms with Gasteiger partial charge >= 0.3 is 0 Å². The van der Waals surface area contributed by atoms with Crippen LogP contribution in [-0.4, -0.2) is 6.54 Å². The molecule has 0 spiro atoms. The van der Waals surface area contributed by atoms with E-state index in [-0.39, 0.29) is 6.04 Å². The average Bonchev–Trinajstić information content (AvgIpc) is 2.65. The van der Waals surface area contributed by atoms with Gasteiger partial charge in [0.1, 0.15) is 11.6 Å². The second kappa shape index (κ2) is 4.27. The van der Waals surface area contributed by atoms with Crippen molar-refractivity contribution in [3.63, 3.8) is 0 Å². The topological polar surface area (TPSA) is 12.0 Å². The Bertz CT molecular complexity index is 351. The first-order valence-electron chi connectivity index (χ1n) is 5.40. The van der Waals surface area contributed by atoms with Crippen LogP contribution in [0, 0.1) is 17.6 Å². The van der Waals surface area contributed by atoms with Crippen molar-refractivity contribution >= 4 is 0 Å². The maximum Gasteiger partial charge on any atom is 0.130 e. The van der Waals surface area contributed by atoms with Crippen LogP contribution >= 0.6 is 0 Å². The largest absolute Gasteiger partial charge is 0.310 e. The molecule has 1 heterocycles. The highest BCUT2D eigenvalue weighted by molar-refractivity contribution is 5.23. The van der Waals surface area contributed by atoms with Crippen LogP contribution < -0.4 is 5.32 Å². The zero-order chi connectivity index (χ0) is 10.8. The van der Waals surface area contributed by atoms with Crippen LogP contribution in [0.2, 0.25) is 0 Å². The zero-order valence-electron chi connectivity index (χ0n) is 8.76. The Balaban J connectivity index is 2.28. The van der Waals surface area contributed by atoms with Gasteiger partial charge in [-0.2, -0.15) is 0 Å². The van der Waals surface area contributed by atoms with E-state index < -0.39 is 11.6 Å². The normalized spacial score (nSPS) is 25.8. The standard InChI is InChI=1S/C12H15F2N/c1-2-8-5-6-15-12(8)10-4-3-9(13)7-11(10)14/h3-4,7-8,12,15H,2,5-6H2,1H3/t8-,12+/m1/s1. The molecule has 1 aliphatic heterocycles. The monoisotopic (exact) mass is 211 g/mol. The van der Waals surface area contributed by atoms with Crippen LogP contribution in [0.4, 0.5) is 8.78 Å². The fraction of sp³-hybridized carbons (Fsp3) is 0.500. The second-order valence-corrected chi connectivity index (χ2v) is 4.05. The van der Waals surface area contributed by atoms with Crippen molar-refractivity contribution in [2.24, 2.45) is 5.92 Å². The Kier molecular flexibility index (Phi) is 3.00. The van der Waals surface area contributed by atoms with Crippen LogP contribution in [0.25, 0.3) is 0 Å². The van der Waals surface area contributed by atoms with Crippen molar-refractivity contribution in [2.45, 2.75) is 25.8 Å². The number of rotatable bonds is 2. The minimum atomic E-state index is -0.512. The van der Waals surface area contributed by atoms with Crippen LogP contribution in [0.3, 0.4) is 0 Å². The first kappa shape index (κ1) is 10.6. The lowest BCUT2D eigenvalue weighted by atomic mass is 9.92. The third kappa shape index (κ3) is 2.02. The van der Waals surface area contributed by atoms with Crippen LogP contribution in [0.15, 0.2) is 18.2 Å². The fourth-order valence-electron chi connectivity index (χ4n) is 2.32. The van der Waals surface area contributed by atoms with Gasteiger partial charge in [-0.15, -0.1) is 0 Å². The summed E-state index contributed by atoms with van der Waals surface area (Å²) in [6.07, 6.45) is 2.09. The molecule has 0 radical (unpaired) electrons. The van der Waals surface area contributed by atoms with E-state index in [2.05, 4.69) is 12.2 Å². The van der Waals surface area contributed by atoms with Gasteiger partial charge in [-0.3, -0.25) is 0 Å². The molecule has 3 heteroatoms. The number of halogens is 2. The maximum absolute atomic E-state index is 13.5. The molecule has 0 amide bonds. The zero-order valence-corrected chi connectivity index (χ0v) is 8.76. The summed E-state index contributed by atoms with van der Waals surface area (Å²) in [6.45, 7) is 3.02. The third-order valence-electron chi connectivity index (χ3n) is 3.17. The van der Waals surface area contributed by atoms with Gasteiger partial charge in [0.05, 0.1) is 0 Å². The molecule has 82 valence electrons. The SMILES string of the molecule is CC[C@@H]1CCN[C@@H]1c1ccc(F)cc1F. The highest BCUT2D eigenvalue weighted by Gasteiger charge is 2.28. The molecule has 2 atom stereocenters. The fourth-order valence-corrected chi connectivity index (χ4v) is 2.32. The highest BCUT2D eigenvalue weighted by atomic mass is 19.1. The average molecular weight is 211 g/mol. The highest BCUT2D eigenvalue weighted by Crippen LogP contribution is 2.33. The number of hydrogen-bond acceptors (Lipinski definition) is 1. The Hall–Kier alpha value is -0.960. The minimum Gasteiger partial charge on any atom is -0.310 e. The van der Waals surface area contributed by atoms with Gasteiger partial charge in [-0.25, -0.2) is 8.78 Å². The summed E-state index contributed by atoms with van der Waals surface area (Å²) < 4.78 is 26.3. The Morgan fingerprint density at radius 1 is 1.40 bits per heavy atom. The quantitative estimate of drug-likeness (QED) is 0.792. The van der Waals surface area contributed by atoms with E-state index in [0.29, 0.717) is 11.5 Å². The van der Waals surface area contributed by atoms with E-state index in [9.17, 15) is 8.78 Å². The summed E-state index contributed by atoms with van der Waals surface area (Å²) in [5.41, 5.74) is 0.598. The summed E-state index contributed by atoms with van der Waals surface area (Å²) in [6, 6.07) is 3.89. The van der Waals surface area contributed by atoms with Crippen molar-refractivity contribution in [3.8, 4) is 0 Å². The lowest BCUT2D eigenvalue weighted by Gasteiger charge is -2.19. The van der Waals surface area contributed by atoms with Gasteiger partial charge in [0, 0.05) is 17.7 Å². The van der Waals surface area contributed by atoms with Gasteiger partial charge in [0.15, 0.2) is 0 Å². The summed E-state index contributed by atoms with van der Waals surface area (Å²) in [7, 11) is 0. The summed E-state index contributed by atoms with van der Waals surface area (Å²) in [5.74, 6) is -0.486. The molecule has 0 bridgehead atoms. The number of nitrogens with one attached hydrogen (secondary N) is 1. The van der Waals surface area contributed by atoms with Gasteiger partial charge in [0.2, 0.25) is 0 Å². The van der Waals surface area contributed by atoms with E-state index in [4.69, 9.17) is 0 Å². The molecular weight excluding hydrogens is 196 g/mol. The summed E-state index contributed by atoms with van der Waals surface area (Å²) in [5, 5.41) is 3.27. The Morgan fingerprint density at radius 3 is 2.87 bits per heavy atom. The van der Waals surface area contributed by atoms with E-state index in [1.54, 1.807) is 6.07 Å². The van der Waals surface area contributed by atoms with Gasteiger partial charge in [-0.05, 0) is 24.9 Å². The van der Waals surface area contributed by atoms with E-state index in [0.717, 1.165) is 25.5 Å². The predicted octanol–water partition coefficient (Wildman–Crippen LogP) is 3.03. The molecule has 1 nitrogen and oxygen atoms in total. The Labute approximate surface area is 88.5 Å². The molecular formula is C12H15F2N. The molecule has 0 aliphatic carbocycles. The molecule has 0 unspecified atom stereocenters. The molecule has 1 saturated heterocycles. The van der Waals surface area contributed by atoms with Crippen LogP contribution in [0.1, 0.15) is 31.4 Å². The second-order valence-electron chi connectivity index (χ2n) is 4.05. The van der Waals surface area contributed by atoms with Crippen molar-refractivity contribution in [2.75, 3.05) is 6.54 Å². The molecule has 0 aromatic heterocycles. The number of benzene rings is 1. The van der Waals surface area contributed by atoms with Gasteiger partial charge in [-0.1, -0.05) is 19.4 Å². The van der Waals surface area contributed by atoms with E-state index in [1.165, 1.54) is 6.07 Å². The van der Waals surface area contributed by atoms with Crippen LogP contribution in [0.5, 0.6) is 0 Å². The maximum atomic E-state index is 13.5. The summed E-state index contributed by atoms with van der Waals surface area (Å²) >= 11 is 0. The van der Waals surface area contributed by atoms with Crippen molar-refractivity contribution < 1.29 is 8.78 Å². The smallest absolute Gasteiger partial charge is 0.130 e. The molecule has 1 N–H and O–H groups in total. The van der Waals surface area contributed by atoms with Crippen molar-refractivity contribution in [1.29, 1.82) is 0 Å². The van der Waals surface area contributed by atoms with E-state index >= 15 is 0 Å². The van der Waals surface area contributed by atoms with Gasteiger partial charge in [0.25, 0.3) is 0 Å². The summed E-state index contributed by atoms with van der Waals surface area (Å²) in [4.78, 5) is 0. The minimum absolute atomic E-state index is 0.0515. The first-order chi connectivity index (χ1) is 7.22. The Morgan fingerprint density at radius 2 is 2.20 bits per heavy atom. The molecule has 1 aromatic carbocycles. The predicted molar refractivity (Wildman–Crippen MR) is 55.5 cm³/mol. The van der Waals surface area contributed by atoms with Gasteiger partial charge < -0.3 is 5.32 Å². The van der Waals surface area contributed by atoms with E-state index in [1.807, 2.05) is 0 Å². The number of hydrogen-bond donors (Lipinski definition) is 1. The third-order valence-corrected chi connectivity index (χ3v) is 3.17. The molecule has 1 aromatic rings. The van der Waals surface area contributed by atoms with Crippen molar-refractivity contribution in [3.05, 3.63) is 35.4 Å². The molecule has 15 heavy (non-hydrogen) atoms. The lowest BCUT2D eigenvalue weighted by molar-refractivity contribution is 0.430. The molecule has 2 rings (SSSR count). The molecule has 1 fully saturated rings. The molecule has 1 aliphatic rings. The van der Waals surface area contributed by atoms with Crippen molar-refractivity contribution in [1.82, 2.24) is 5.32 Å². The lowest BCUT2D eigenvalue weighted by Crippen LogP contribution is -2.19.